The topological polar surface area (TPSA) is 67.9 Å². The van der Waals surface area contributed by atoms with Crippen LogP contribution < -0.4 is 4.74 Å². The van der Waals surface area contributed by atoms with E-state index in [-0.39, 0.29) is 22.1 Å². The highest BCUT2D eigenvalue weighted by Gasteiger charge is 2.17. The summed E-state index contributed by atoms with van der Waals surface area (Å²) >= 11 is 1.19. The molecule has 0 aliphatic rings. The lowest BCUT2D eigenvalue weighted by atomic mass is 10.1. The maximum Gasteiger partial charge on any atom is 0.280 e. The zero-order chi connectivity index (χ0) is 26.4. The zero-order valence-corrected chi connectivity index (χ0v) is 21.0. The largest absolute Gasteiger partial charge is 0.496 e. The van der Waals surface area contributed by atoms with E-state index in [2.05, 4.69) is 11.1 Å². The number of carbonyl (C=O) groups excluding carboxylic acids is 1. The second-order valence-electron chi connectivity index (χ2n) is 8.15. The van der Waals surface area contributed by atoms with Gasteiger partial charge < -0.3 is 9.30 Å². The summed E-state index contributed by atoms with van der Waals surface area (Å²) in [7, 11) is 1.54. The molecule has 0 bridgehead atoms. The summed E-state index contributed by atoms with van der Waals surface area (Å²) in [6.45, 7) is 1.62. The highest BCUT2D eigenvalue weighted by molar-refractivity contribution is 7.98. The van der Waals surface area contributed by atoms with Crippen molar-refractivity contribution < 1.29 is 18.3 Å². The molecule has 37 heavy (non-hydrogen) atoms. The molecule has 4 aromatic rings. The van der Waals surface area contributed by atoms with Gasteiger partial charge in [-0.05, 0) is 66.6 Å². The Hall–Kier alpha value is -4.22. The van der Waals surface area contributed by atoms with Crippen molar-refractivity contribution in [2.75, 3.05) is 7.11 Å². The van der Waals surface area contributed by atoms with Crippen LogP contribution in [0.3, 0.4) is 0 Å². The number of hydrogen-bond acceptors (Lipinski definition) is 5. The number of pyridine rings is 1. The fourth-order valence-electron chi connectivity index (χ4n) is 3.78. The van der Waals surface area contributed by atoms with Crippen LogP contribution in [0.5, 0.6) is 5.75 Å². The van der Waals surface area contributed by atoms with Crippen LogP contribution in [0, 0.1) is 18.3 Å². The zero-order valence-electron chi connectivity index (χ0n) is 20.2. The number of ether oxygens (including phenoxy) is 1. The molecular formula is C29H23F2N3O2S. The summed E-state index contributed by atoms with van der Waals surface area (Å²) < 4.78 is 33.9. The Kier molecular flexibility index (Phi) is 8.16. The average Bonchev–Trinajstić information content (AvgIpc) is 3.45. The summed E-state index contributed by atoms with van der Waals surface area (Å²) in [5.74, 6) is 0.810. The van der Waals surface area contributed by atoms with Crippen molar-refractivity contribution in [1.82, 2.24) is 9.55 Å². The highest BCUT2D eigenvalue weighted by atomic mass is 32.2. The van der Waals surface area contributed by atoms with E-state index in [0.717, 1.165) is 16.8 Å². The Balaban J connectivity index is 1.54. The van der Waals surface area contributed by atoms with Gasteiger partial charge in [-0.1, -0.05) is 24.3 Å². The first-order chi connectivity index (χ1) is 17.9. The number of benzene rings is 2. The normalized spacial score (nSPS) is 11.1. The van der Waals surface area contributed by atoms with Crippen LogP contribution >= 0.6 is 11.8 Å². The van der Waals surface area contributed by atoms with Gasteiger partial charge in [0, 0.05) is 35.0 Å². The number of hydrogen-bond donors (Lipinski definition) is 0. The van der Waals surface area contributed by atoms with Crippen molar-refractivity contribution in [3.05, 3.63) is 113 Å². The summed E-state index contributed by atoms with van der Waals surface area (Å²) in [6, 6.07) is 20.0. The Bertz CT molecular complexity index is 1490. The SMILES string of the molecule is COc1ccc(/C=C/C(=O)c2cccc(-n3cccc3)c2)cc1CSc1nc(C(F)F)cc(C)c1C#N. The molecule has 0 amide bonds. The van der Waals surface area contributed by atoms with Crippen molar-refractivity contribution >= 4 is 23.6 Å². The third kappa shape index (κ3) is 6.13. The number of nitrogens with zero attached hydrogens (tertiary/aromatic N) is 3. The Morgan fingerprint density at radius 1 is 1.16 bits per heavy atom. The van der Waals surface area contributed by atoms with Gasteiger partial charge >= 0.3 is 0 Å². The predicted molar refractivity (Wildman–Crippen MR) is 140 cm³/mol. The van der Waals surface area contributed by atoms with Crippen LogP contribution in [0.1, 0.15) is 44.7 Å². The van der Waals surface area contributed by atoms with Gasteiger partial charge in [-0.15, -0.1) is 11.8 Å². The number of halogens is 2. The van der Waals surface area contributed by atoms with Crippen LogP contribution in [-0.2, 0) is 5.75 Å². The van der Waals surface area contributed by atoms with E-state index in [0.29, 0.717) is 22.6 Å². The van der Waals surface area contributed by atoms with Crippen molar-refractivity contribution in [3.63, 3.8) is 0 Å². The van der Waals surface area contributed by atoms with E-state index in [1.165, 1.54) is 23.9 Å². The van der Waals surface area contributed by atoms with Crippen LogP contribution in [0.4, 0.5) is 8.78 Å². The second kappa shape index (κ2) is 11.7. The maximum absolute atomic E-state index is 13.3. The van der Waals surface area contributed by atoms with Crippen molar-refractivity contribution in [3.8, 4) is 17.5 Å². The van der Waals surface area contributed by atoms with Crippen molar-refractivity contribution in [2.24, 2.45) is 0 Å². The number of allylic oxidation sites excluding steroid dienone is 1. The number of methoxy groups -OCH3 is 1. The highest BCUT2D eigenvalue weighted by Crippen LogP contribution is 2.32. The van der Waals surface area contributed by atoms with Crippen LogP contribution in [0.2, 0.25) is 0 Å². The Morgan fingerprint density at radius 2 is 1.95 bits per heavy atom. The molecular weight excluding hydrogens is 492 g/mol. The minimum atomic E-state index is -2.73. The molecule has 2 heterocycles. The second-order valence-corrected chi connectivity index (χ2v) is 9.12. The van der Waals surface area contributed by atoms with Gasteiger partial charge in [-0.3, -0.25) is 4.79 Å². The third-order valence-electron chi connectivity index (χ3n) is 5.67. The number of ketones is 1. The number of thioether (sulfide) groups is 1. The van der Waals surface area contributed by atoms with Crippen molar-refractivity contribution in [1.29, 1.82) is 5.26 Å². The van der Waals surface area contributed by atoms with E-state index in [9.17, 15) is 18.8 Å². The van der Waals surface area contributed by atoms with Gasteiger partial charge in [0.2, 0.25) is 0 Å². The number of aryl methyl sites for hydroxylation is 1. The Labute approximate surface area is 218 Å². The van der Waals surface area contributed by atoms with Gasteiger partial charge in [0.1, 0.15) is 22.5 Å². The molecule has 0 N–H and O–H groups in total. The molecule has 0 aliphatic heterocycles. The van der Waals surface area contributed by atoms with Gasteiger partial charge in [-0.25, -0.2) is 13.8 Å². The van der Waals surface area contributed by atoms with Crippen LogP contribution in [0.25, 0.3) is 11.8 Å². The minimum absolute atomic E-state index is 0.136. The van der Waals surface area contributed by atoms with Gasteiger partial charge in [0.25, 0.3) is 6.43 Å². The number of rotatable bonds is 9. The lowest BCUT2D eigenvalue weighted by molar-refractivity contribution is 0.104. The monoisotopic (exact) mass is 515 g/mol. The standard InChI is InChI=1S/C29H23F2N3O2S/c1-19-14-25(28(30)31)33-29(24(19)17-32)37-18-22-15-20(9-11-27(22)36-2)8-10-26(35)21-6-5-7-23(16-21)34-12-3-4-13-34/h3-16,28H,18H2,1-2H3/b10-8+. The number of carbonyl (C=O) groups is 1. The van der Waals surface area contributed by atoms with E-state index in [1.54, 1.807) is 32.2 Å². The number of nitriles is 1. The molecule has 0 radical (unpaired) electrons. The molecule has 2 aromatic carbocycles. The third-order valence-corrected chi connectivity index (χ3v) is 6.69. The molecule has 8 heteroatoms. The molecule has 0 fully saturated rings. The molecule has 0 saturated carbocycles. The quantitative estimate of drug-likeness (QED) is 0.134. The maximum atomic E-state index is 13.3. The summed E-state index contributed by atoms with van der Waals surface area (Å²) in [4.78, 5) is 16.8. The first-order valence-corrected chi connectivity index (χ1v) is 12.3. The van der Waals surface area contributed by atoms with E-state index >= 15 is 0 Å². The summed E-state index contributed by atoms with van der Waals surface area (Å²) in [6.07, 6.45) is 4.33. The Morgan fingerprint density at radius 3 is 2.65 bits per heavy atom. The van der Waals surface area contributed by atoms with E-state index < -0.39 is 6.43 Å². The average molecular weight is 516 g/mol. The van der Waals surface area contributed by atoms with Gasteiger partial charge in [-0.2, -0.15) is 5.26 Å². The van der Waals surface area contributed by atoms with Crippen LogP contribution in [0.15, 0.2) is 84.2 Å². The molecule has 0 atom stereocenters. The molecule has 4 rings (SSSR count). The first kappa shape index (κ1) is 25.9. The van der Waals surface area contributed by atoms with Crippen LogP contribution in [-0.4, -0.2) is 22.4 Å². The molecule has 0 spiro atoms. The predicted octanol–water partition coefficient (Wildman–Crippen LogP) is 7.19. The number of alkyl halides is 2. The first-order valence-electron chi connectivity index (χ1n) is 11.3. The molecule has 0 saturated heterocycles. The molecule has 186 valence electrons. The van der Waals surface area contributed by atoms with E-state index in [4.69, 9.17) is 4.74 Å². The van der Waals surface area contributed by atoms with Crippen molar-refractivity contribution in [2.45, 2.75) is 24.1 Å². The fraction of sp³-hybridized carbons (Fsp3) is 0.138. The lowest BCUT2D eigenvalue weighted by Gasteiger charge is -2.12. The fourth-order valence-corrected chi connectivity index (χ4v) is 4.81. The smallest absolute Gasteiger partial charge is 0.280 e. The molecule has 0 unspecified atom stereocenters. The molecule has 2 aromatic heterocycles. The van der Waals surface area contributed by atoms with Gasteiger partial charge in [0.05, 0.1) is 12.7 Å². The summed E-state index contributed by atoms with van der Waals surface area (Å²) in [5, 5.41) is 9.75. The minimum Gasteiger partial charge on any atom is -0.496 e. The van der Waals surface area contributed by atoms with E-state index in [1.807, 2.05) is 59.4 Å². The van der Waals surface area contributed by atoms with Gasteiger partial charge in [0.15, 0.2) is 5.78 Å². The number of aromatic nitrogens is 2. The lowest BCUT2D eigenvalue weighted by Crippen LogP contribution is -1.99. The molecule has 5 nitrogen and oxygen atoms in total. The summed E-state index contributed by atoms with van der Waals surface area (Å²) in [5.41, 5.74) is 3.39. The molecule has 0 aliphatic carbocycles.